The highest BCUT2D eigenvalue weighted by Gasteiger charge is 2.39. The number of carbonyl (C=O) groups is 2. The Morgan fingerprint density at radius 2 is 1.91 bits per heavy atom. The first-order valence-corrected chi connectivity index (χ1v) is 13.7. The fourth-order valence-corrected chi connectivity index (χ4v) is 5.85. The second kappa shape index (κ2) is 11.6. The summed E-state index contributed by atoms with van der Waals surface area (Å²) in [6, 6.07) is 0.0239. The average Bonchev–Trinajstić information content (AvgIpc) is 3.47. The summed E-state index contributed by atoms with van der Waals surface area (Å²) >= 11 is 1.29. The number of aliphatic carboxylic acids is 1. The summed E-state index contributed by atoms with van der Waals surface area (Å²) in [6.07, 6.45) is 9.09. The molecule has 0 radical (unpaired) electrons. The number of carbonyl (C=O) groups excluding carboxylic acids is 1. The van der Waals surface area contributed by atoms with Crippen molar-refractivity contribution in [2.24, 2.45) is 17.3 Å². The van der Waals surface area contributed by atoms with Crippen LogP contribution in [0.4, 0.5) is 0 Å². The Morgan fingerprint density at radius 3 is 2.49 bits per heavy atom. The summed E-state index contributed by atoms with van der Waals surface area (Å²) in [7, 11) is 0. The number of allylic oxidation sites excluding steroid dienone is 1. The summed E-state index contributed by atoms with van der Waals surface area (Å²) in [6.45, 7) is 12.5. The van der Waals surface area contributed by atoms with Gasteiger partial charge in [-0.2, -0.15) is 5.10 Å². The van der Waals surface area contributed by atoms with E-state index in [9.17, 15) is 14.7 Å². The van der Waals surface area contributed by atoms with Crippen molar-refractivity contribution in [2.75, 3.05) is 0 Å². The fourth-order valence-electron chi connectivity index (χ4n) is 4.79. The van der Waals surface area contributed by atoms with Crippen LogP contribution in [0.2, 0.25) is 0 Å². The molecular formula is C27H40N4O3S. The molecule has 7 nitrogen and oxygen atoms in total. The Morgan fingerprint density at radius 1 is 1.23 bits per heavy atom. The second-order valence-corrected chi connectivity index (χ2v) is 12.4. The molecule has 3 rings (SSSR count). The van der Waals surface area contributed by atoms with Gasteiger partial charge in [-0.15, -0.1) is 0 Å². The molecule has 3 atom stereocenters. The summed E-state index contributed by atoms with van der Waals surface area (Å²) < 4.78 is 1.83. The summed E-state index contributed by atoms with van der Waals surface area (Å²) in [4.78, 5) is 32.3. The van der Waals surface area contributed by atoms with Gasteiger partial charge in [0, 0.05) is 29.5 Å². The van der Waals surface area contributed by atoms with Crippen molar-refractivity contribution in [1.29, 1.82) is 0 Å². The number of thioether (sulfide) groups is 1. The fraction of sp³-hybridized carbons (Fsp3) is 0.704. The molecule has 0 bridgehead atoms. The Labute approximate surface area is 214 Å². The maximum atomic E-state index is 13.9. The van der Waals surface area contributed by atoms with Crippen LogP contribution in [-0.4, -0.2) is 47.9 Å². The Kier molecular flexibility index (Phi) is 9.09. The predicted octanol–water partition coefficient (Wildman–Crippen LogP) is 5.51. The molecule has 1 aliphatic heterocycles. The molecule has 1 saturated carbocycles. The first-order valence-electron chi connectivity index (χ1n) is 12.8. The number of carboxylic acids is 1. The molecule has 2 heterocycles. The van der Waals surface area contributed by atoms with Crippen molar-refractivity contribution < 1.29 is 14.7 Å². The molecule has 2 aliphatic rings. The molecule has 1 fully saturated rings. The highest BCUT2D eigenvalue weighted by atomic mass is 32.2. The number of aromatic nitrogens is 3. The minimum Gasteiger partial charge on any atom is -0.477 e. The molecule has 35 heavy (non-hydrogen) atoms. The van der Waals surface area contributed by atoms with Crippen LogP contribution in [0.15, 0.2) is 23.3 Å². The van der Waals surface area contributed by atoms with Gasteiger partial charge in [-0.05, 0) is 79.1 Å². The zero-order chi connectivity index (χ0) is 25.8. The molecule has 1 aromatic rings. The van der Waals surface area contributed by atoms with Gasteiger partial charge in [0.2, 0.25) is 5.91 Å². The van der Waals surface area contributed by atoms with Gasteiger partial charge in [0.05, 0.1) is 11.3 Å². The smallest absolute Gasteiger partial charge is 0.344 e. The molecule has 0 saturated heterocycles. The summed E-state index contributed by atoms with van der Waals surface area (Å²) in [5.74, 6) is 6.23. The molecule has 3 unspecified atom stereocenters. The largest absolute Gasteiger partial charge is 0.477 e. The number of rotatable bonds is 8. The molecule has 1 aromatic heterocycles. The lowest BCUT2D eigenvalue weighted by Crippen LogP contribution is -2.43. The van der Waals surface area contributed by atoms with Crippen molar-refractivity contribution >= 4 is 23.6 Å². The summed E-state index contributed by atoms with van der Waals surface area (Å²) in [5.41, 5.74) is 0.478. The molecule has 0 spiro atoms. The Bertz CT molecular complexity index is 978. The lowest BCUT2D eigenvalue weighted by Gasteiger charge is -2.36. The van der Waals surface area contributed by atoms with E-state index in [1.54, 1.807) is 6.33 Å². The third-order valence-corrected chi connectivity index (χ3v) is 8.14. The van der Waals surface area contributed by atoms with Crippen LogP contribution < -0.4 is 0 Å². The van der Waals surface area contributed by atoms with Gasteiger partial charge >= 0.3 is 5.97 Å². The number of carboxylic acid groups (broad SMARTS) is 1. The quantitative estimate of drug-likeness (QED) is 0.473. The highest BCUT2D eigenvalue weighted by Crippen LogP contribution is 2.42. The van der Waals surface area contributed by atoms with Crippen LogP contribution in [0.25, 0.3) is 0 Å². The van der Waals surface area contributed by atoms with Crippen molar-refractivity contribution in [2.45, 2.75) is 104 Å². The highest BCUT2D eigenvalue weighted by molar-refractivity contribution is 8.05. The van der Waals surface area contributed by atoms with Crippen LogP contribution >= 0.6 is 11.8 Å². The Balaban J connectivity index is 1.86. The number of nitrogens with zero attached hydrogens (tertiary/aromatic N) is 4. The van der Waals surface area contributed by atoms with Crippen LogP contribution in [0.5, 0.6) is 0 Å². The van der Waals surface area contributed by atoms with Gasteiger partial charge in [0.1, 0.15) is 17.6 Å². The third kappa shape index (κ3) is 7.36. The van der Waals surface area contributed by atoms with Crippen LogP contribution in [0.1, 0.15) is 92.5 Å². The zero-order valence-corrected chi connectivity index (χ0v) is 22.8. The molecule has 0 aromatic carbocycles. The Hall–Kier alpha value is -2.27. The van der Waals surface area contributed by atoms with E-state index in [1.807, 2.05) is 37.3 Å². The van der Waals surface area contributed by atoms with E-state index in [-0.39, 0.29) is 39.5 Å². The third-order valence-electron chi connectivity index (χ3n) is 6.93. The zero-order valence-electron chi connectivity index (χ0n) is 22.0. The maximum absolute atomic E-state index is 13.9. The molecular weight excluding hydrogens is 460 g/mol. The number of amides is 1. The molecule has 1 aliphatic carbocycles. The lowest BCUT2D eigenvalue weighted by molar-refractivity contribution is -0.137. The van der Waals surface area contributed by atoms with Crippen LogP contribution in [-0.2, 0) is 9.59 Å². The van der Waals surface area contributed by atoms with Crippen LogP contribution in [0.3, 0.4) is 0 Å². The molecule has 192 valence electrons. The molecule has 1 N–H and O–H groups in total. The van der Waals surface area contributed by atoms with E-state index in [0.29, 0.717) is 18.0 Å². The van der Waals surface area contributed by atoms with Crippen molar-refractivity contribution in [3.63, 3.8) is 0 Å². The van der Waals surface area contributed by atoms with Gasteiger partial charge < -0.3 is 10.0 Å². The predicted molar refractivity (Wildman–Crippen MR) is 139 cm³/mol. The van der Waals surface area contributed by atoms with E-state index >= 15 is 0 Å². The number of hydrogen-bond donors (Lipinski definition) is 1. The van der Waals surface area contributed by atoms with E-state index in [0.717, 1.165) is 38.5 Å². The topological polar surface area (TPSA) is 88.3 Å². The standard InChI is InChI=1S/C27H40N4O3S/c1-18-7-11-21(12-8-18)25(32)31(20(3)10-9-19(2)30-17-28-16-29-30)23-15-22(13-14-27(4,5)6)35-24(23)26(33)34/h16-22H,7-12,15H2,1-6H3,(H,33,34). The van der Waals surface area contributed by atoms with Crippen LogP contribution in [0, 0.1) is 29.1 Å². The van der Waals surface area contributed by atoms with E-state index in [2.05, 4.69) is 35.8 Å². The minimum absolute atomic E-state index is 0.0476. The SMILES string of the molecule is CC1CCC(C(=O)N(C2=C(C(=O)O)SC(C#CC(C)(C)C)C2)C(C)CCC(C)n2cncn2)CC1. The van der Waals surface area contributed by atoms with Crippen molar-refractivity contribution in [3.8, 4) is 11.8 Å². The molecule has 1 amide bonds. The van der Waals surface area contributed by atoms with Gasteiger partial charge in [0.25, 0.3) is 0 Å². The van der Waals surface area contributed by atoms with Gasteiger partial charge in [-0.25, -0.2) is 9.78 Å². The van der Waals surface area contributed by atoms with E-state index < -0.39 is 5.97 Å². The van der Waals surface area contributed by atoms with E-state index in [4.69, 9.17) is 0 Å². The van der Waals surface area contributed by atoms with Crippen molar-refractivity contribution in [1.82, 2.24) is 19.7 Å². The maximum Gasteiger partial charge on any atom is 0.344 e. The monoisotopic (exact) mass is 500 g/mol. The lowest BCUT2D eigenvalue weighted by atomic mass is 9.82. The second-order valence-electron chi connectivity index (χ2n) is 11.2. The van der Waals surface area contributed by atoms with Gasteiger partial charge in [-0.1, -0.05) is 30.5 Å². The minimum atomic E-state index is -0.969. The van der Waals surface area contributed by atoms with E-state index in [1.165, 1.54) is 18.1 Å². The summed E-state index contributed by atoms with van der Waals surface area (Å²) in [5, 5.41) is 14.1. The average molecular weight is 501 g/mol. The first-order chi connectivity index (χ1) is 16.5. The van der Waals surface area contributed by atoms with Gasteiger partial charge in [0.15, 0.2) is 0 Å². The van der Waals surface area contributed by atoms with Crippen molar-refractivity contribution in [3.05, 3.63) is 23.3 Å². The van der Waals surface area contributed by atoms with Gasteiger partial charge in [-0.3, -0.25) is 9.48 Å². The normalized spacial score (nSPS) is 24.5. The number of hydrogen-bond acceptors (Lipinski definition) is 5. The first kappa shape index (κ1) is 27.3. The molecule has 8 heteroatoms.